The molecule has 1 saturated carbocycles. The van der Waals surface area contributed by atoms with Crippen molar-refractivity contribution in [3.8, 4) is 0 Å². The molecule has 0 aromatic carbocycles. The van der Waals surface area contributed by atoms with Crippen molar-refractivity contribution >= 4 is 17.8 Å². The van der Waals surface area contributed by atoms with Crippen LogP contribution in [-0.4, -0.2) is 48.7 Å². The predicted octanol–water partition coefficient (Wildman–Crippen LogP) is 0.287. The van der Waals surface area contributed by atoms with Gasteiger partial charge in [0, 0.05) is 27.1 Å². The molecule has 3 N–H and O–H groups in total. The van der Waals surface area contributed by atoms with E-state index >= 15 is 0 Å². The standard InChI is InChI=1S/C14H24N2O5/c1-9(17)15-12(10-5-3-4-6-10)13(18)16-11(14(19)20)7-8-21-2/h10-12H,3-8H2,1-2H3,(H,15,17)(H,16,18)(H,19,20). The van der Waals surface area contributed by atoms with E-state index in [0.29, 0.717) is 0 Å². The summed E-state index contributed by atoms with van der Waals surface area (Å²) in [5, 5.41) is 14.3. The molecule has 0 spiro atoms. The van der Waals surface area contributed by atoms with E-state index in [-0.39, 0.29) is 24.9 Å². The molecular weight excluding hydrogens is 276 g/mol. The Bertz CT molecular complexity index is 380. The number of carbonyl (C=O) groups excluding carboxylic acids is 2. The maximum absolute atomic E-state index is 12.3. The van der Waals surface area contributed by atoms with Crippen LogP contribution in [0.1, 0.15) is 39.0 Å². The molecule has 1 aliphatic carbocycles. The van der Waals surface area contributed by atoms with Crippen LogP contribution in [0.25, 0.3) is 0 Å². The Kier molecular flexibility index (Phi) is 7.14. The average molecular weight is 300 g/mol. The van der Waals surface area contributed by atoms with E-state index in [2.05, 4.69) is 10.6 Å². The number of hydrogen-bond acceptors (Lipinski definition) is 4. The first-order valence-corrected chi connectivity index (χ1v) is 7.25. The topological polar surface area (TPSA) is 105 Å². The number of carboxylic acid groups (broad SMARTS) is 1. The van der Waals surface area contributed by atoms with E-state index in [1.54, 1.807) is 0 Å². The van der Waals surface area contributed by atoms with E-state index in [1.807, 2.05) is 0 Å². The summed E-state index contributed by atoms with van der Waals surface area (Å²) in [6.45, 7) is 1.60. The SMILES string of the molecule is COCCC(NC(=O)C(NC(C)=O)C1CCCC1)C(=O)O. The van der Waals surface area contributed by atoms with Gasteiger partial charge in [0.1, 0.15) is 12.1 Å². The van der Waals surface area contributed by atoms with Gasteiger partial charge in [0.05, 0.1) is 0 Å². The van der Waals surface area contributed by atoms with Gasteiger partial charge in [-0.1, -0.05) is 12.8 Å². The second-order valence-corrected chi connectivity index (χ2v) is 5.40. The van der Waals surface area contributed by atoms with E-state index < -0.39 is 24.0 Å². The zero-order valence-corrected chi connectivity index (χ0v) is 12.6. The fourth-order valence-corrected chi connectivity index (χ4v) is 2.66. The summed E-state index contributed by atoms with van der Waals surface area (Å²) in [5.74, 6) is -1.74. The number of ether oxygens (including phenoxy) is 1. The van der Waals surface area contributed by atoms with E-state index in [4.69, 9.17) is 9.84 Å². The molecule has 21 heavy (non-hydrogen) atoms. The number of hydrogen-bond donors (Lipinski definition) is 3. The Balaban J connectivity index is 2.68. The second kappa shape index (κ2) is 8.61. The fraction of sp³-hybridized carbons (Fsp3) is 0.786. The molecule has 0 aliphatic heterocycles. The summed E-state index contributed by atoms with van der Waals surface area (Å²) >= 11 is 0. The highest BCUT2D eigenvalue weighted by Gasteiger charge is 2.33. The zero-order valence-electron chi connectivity index (χ0n) is 12.6. The molecule has 0 aromatic heterocycles. The normalized spacial score (nSPS) is 18.0. The van der Waals surface area contributed by atoms with E-state index in [0.717, 1.165) is 25.7 Å². The molecule has 1 fully saturated rings. The van der Waals surface area contributed by atoms with Gasteiger partial charge in [-0.25, -0.2) is 4.79 Å². The molecule has 7 heteroatoms. The number of rotatable bonds is 8. The lowest BCUT2D eigenvalue weighted by Crippen LogP contribution is -2.54. The van der Waals surface area contributed by atoms with Gasteiger partial charge in [-0.15, -0.1) is 0 Å². The van der Waals surface area contributed by atoms with Crippen molar-refractivity contribution in [2.75, 3.05) is 13.7 Å². The minimum atomic E-state index is -1.10. The molecule has 0 bridgehead atoms. The number of carboxylic acids is 1. The molecule has 120 valence electrons. The third kappa shape index (κ3) is 5.71. The van der Waals surface area contributed by atoms with Crippen molar-refractivity contribution in [1.82, 2.24) is 10.6 Å². The number of amides is 2. The Morgan fingerprint density at radius 1 is 1.24 bits per heavy atom. The van der Waals surface area contributed by atoms with Crippen molar-refractivity contribution in [1.29, 1.82) is 0 Å². The Hall–Kier alpha value is -1.63. The first kappa shape index (κ1) is 17.4. The van der Waals surface area contributed by atoms with Gasteiger partial charge in [0.2, 0.25) is 11.8 Å². The molecule has 1 rings (SSSR count). The summed E-state index contributed by atoms with van der Waals surface area (Å²) in [6, 6.07) is -1.66. The quantitative estimate of drug-likeness (QED) is 0.597. The van der Waals surface area contributed by atoms with Gasteiger partial charge < -0.3 is 20.5 Å². The highest BCUT2D eigenvalue weighted by molar-refractivity contribution is 5.90. The molecule has 0 aromatic rings. The minimum absolute atomic E-state index is 0.0748. The fourth-order valence-electron chi connectivity index (χ4n) is 2.66. The van der Waals surface area contributed by atoms with Crippen LogP contribution >= 0.6 is 0 Å². The second-order valence-electron chi connectivity index (χ2n) is 5.40. The van der Waals surface area contributed by atoms with Crippen LogP contribution in [0.2, 0.25) is 0 Å². The number of nitrogens with one attached hydrogen (secondary N) is 2. The van der Waals surface area contributed by atoms with Gasteiger partial charge in [-0.3, -0.25) is 9.59 Å². The molecule has 0 heterocycles. The maximum atomic E-state index is 12.3. The molecule has 2 atom stereocenters. The molecule has 2 unspecified atom stereocenters. The largest absolute Gasteiger partial charge is 0.480 e. The zero-order chi connectivity index (χ0) is 15.8. The summed E-state index contributed by atoms with van der Waals surface area (Å²) in [6.07, 6.45) is 3.98. The molecule has 1 aliphatic rings. The van der Waals surface area contributed by atoms with Gasteiger partial charge in [0.15, 0.2) is 0 Å². The smallest absolute Gasteiger partial charge is 0.326 e. The number of aliphatic carboxylic acids is 1. The first-order chi connectivity index (χ1) is 9.95. The first-order valence-electron chi connectivity index (χ1n) is 7.25. The van der Waals surface area contributed by atoms with Crippen LogP contribution in [0.4, 0.5) is 0 Å². The minimum Gasteiger partial charge on any atom is -0.480 e. The van der Waals surface area contributed by atoms with Crippen molar-refractivity contribution in [3.63, 3.8) is 0 Å². The average Bonchev–Trinajstić information content (AvgIpc) is 2.93. The van der Waals surface area contributed by atoms with Crippen molar-refractivity contribution in [2.24, 2.45) is 5.92 Å². The third-order valence-electron chi connectivity index (χ3n) is 3.74. The molecule has 0 saturated heterocycles. The van der Waals surface area contributed by atoms with E-state index in [9.17, 15) is 14.4 Å². The lowest BCUT2D eigenvalue weighted by Gasteiger charge is -2.25. The van der Waals surface area contributed by atoms with Gasteiger partial charge in [-0.2, -0.15) is 0 Å². The van der Waals surface area contributed by atoms with Gasteiger partial charge in [0.25, 0.3) is 0 Å². The lowest BCUT2D eigenvalue weighted by molar-refractivity contribution is -0.143. The van der Waals surface area contributed by atoms with Crippen LogP contribution in [0.15, 0.2) is 0 Å². The predicted molar refractivity (Wildman–Crippen MR) is 75.6 cm³/mol. The van der Waals surface area contributed by atoms with E-state index in [1.165, 1.54) is 14.0 Å². The van der Waals surface area contributed by atoms with Crippen molar-refractivity contribution < 1.29 is 24.2 Å². The summed E-state index contributed by atoms with van der Waals surface area (Å²) in [7, 11) is 1.47. The van der Waals surface area contributed by atoms with Crippen molar-refractivity contribution in [3.05, 3.63) is 0 Å². The summed E-state index contributed by atoms with van der Waals surface area (Å²) < 4.78 is 4.84. The molecule has 7 nitrogen and oxygen atoms in total. The molecule has 2 amide bonds. The molecule has 0 radical (unpaired) electrons. The third-order valence-corrected chi connectivity index (χ3v) is 3.74. The Morgan fingerprint density at radius 3 is 2.33 bits per heavy atom. The van der Waals surface area contributed by atoms with Crippen molar-refractivity contribution in [2.45, 2.75) is 51.1 Å². The molecular formula is C14H24N2O5. The van der Waals surface area contributed by atoms with Crippen LogP contribution in [-0.2, 0) is 19.1 Å². The monoisotopic (exact) mass is 300 g/mol. The van der Waals surface area contributed by atoms with Crippen LogP contribution in [0, 0.1) is 5.92 Å². The maximum Gasteiger partial charge on any atom is 0.326 e. The van der Waals surface area contributed by atoms with Crippen LogP contribution in [0.5, 0.6) is 0 Å². The van der Waals surface area contributed by atoms with Gasteiger partial charge in [-0.05, 0) is 18.8 Å². The lowest BCUT2D eigenvalue weighted by atomic mass is 9.96. The Labute approximate surface area is 124 Å². The van der Waals surface area contributed by atoms with Crippen LogP contribution < -0.4 is 10.6 Å². The highest BCUT2D eigenvalue weighted by atomic mass is 16.5. The van der Waals surface area contributed by atoms with Gasteiger partial charge >= 0.3 is 5.97 Å². The number of methoxy groups -OCH3 is 1. The summed E-state index contributed by atoms with van der Waals surface area (Å²) in [5.41, 5.74) is 0. The summed E-state index contributed by atoms with van der Waals surface area (Å²) in [4.78, 5) is 34.7. The van der Waals surface area contributed by atoms with Crippen LogP contribution in [0.3, 0.4) is 0 Å². The number of carbonyl (C=O) groups is 3. The Morgan fingerprint density at radius 2 is 1.86 bits per heavy atom. The highest BCUT2D eigenvalue weighted by Crippen LogP contribution is 2.28.